The summed E-state index contributed by atoms with van der Waals surface area (Å²) in [7, 11) is 0. The third kappa shape index (κ3) is 1.15. The summed E-state index contributed by atoms with van der Waals surface area (Å²) in [6.45, 7) is 2.78. The van der Waals surface area contributed by atoms with E-state index in [1.165, 1.54) is 0 Å². The minimum absolute atomic E-state index is 0.401. The van der Waals surface area contributed by atoms with Gasteiger partial charge < -0.3 is 9.47 Å². The van der Waals surface area contributed by atoms with E-state index in [2.05, 4.69) is 0 Å². The quantitative estimate of drug-likeness (QED) is 0.543. The number of hydrogen-bond donors (Lipinski definition) is 0. The van der Waals surface area contributed by atoms with E-state index < -0.39 is 17.4 Å². The largest absolute Gasteiger partial charge is 0.361 e. The SMILES string of the molecule is C[C@@]12OO[C@@](c3ccccc3)(OCC13CO3)O2. The van der Waals surface area contributed by atoms with E-state index in [0.29, 0.717) is 13.2 Å². The van der Waals surface area contributed by atoms with Crippen LogP contribution in [0.1, 0.15) is 12.5 Å². The van der Waals surface area contributed by atoms with E-state index >= 15 is 0 Å². The molecule has 0 aromatic heterocycles. The van der Waals surface area contributed by atoms with Gasteiger partial charge in [0, 0.05) is 5.56 Å². The first-order valence-corrected chi connectivity index (χ1v) is 5.59. The Morgan fingerprint density at radius 2 is 1.71 bits per heavy atom. The number of benzene rings is 1. The van der Waals surface area contributed by atoms with Crippen LogP contribution in [-0.2, 0) is 30.0 Å². The smallest absolute Gasteiger partial charge is 0.343 e. The molecule has 0 aliphatic carbocycles. The highest BCUT2D eigenvalue weighted by Gasteiger charge is 2.74. The first kappa shape index (κ1) is 9.99. The van der Waals surface area contributed by atoms with Crippen molar-refractivity contribution in [2.75, 3.05) is 13.2 Å². The Hall–Kier alpha value is -0.980. The molecule has 3 aliphatic heterocycles. The summed E-state index contributed by atoms with van der Waals surface area (Å²) in [4.78, 5) is 10.6. The van der Waals surface area contributed by atoms with Gasteiger partial charge in [0.25, 0.3) is 0 Å². The lowest BCUT2D eigenvalue weighted by Gasteiger charge is -2.36. The lowest BCUT2D eigenvalue weighted by molar-refractivity contribution is -0.422. The van der Waals surface area contributed by atoms with Crippen LogP contribution in [0.3, 0.4) is 0 Å². The second kappa shape index (κ2) is 2.88. The van der Waals surface area contributed by atoms with Crippen LogP contribution in [0.4, 0.5) is 0 Å². The van der Waals surface area contributed by atoms with Crippen LogP contribution in [0.15, 0.2) is 30.3 Å². The number of epoxide rings is 1. The van der Waals surface area contributed by atoms with Crippen LogP contribution in [0.2, 0.25) is 0 Å². The van der Waals surface area contributed by atoms with Crippen LogP contribution in [0.25, 0.3) is 0 Å². The Labute approximate surface area is 98.1 Å². The number of ether oxygens (including phenoxy) is 3. The molecule has 4 rings (SSSR count). The summed E-state index contributed by atoms with van der Waals surface area (Å²) in [6.07, 6.45) is 0. The van der Waals surface area contributed by atoms with Crippen molar-refractivity contribution in [3.63, 3.8) is 0 Å². The first-order chi connectivity index (χ1) is 8.18. The van der Waals surface area contributed by atoms with E-state index in [1.807, 2.05) is 37.3 Å². The molecule has 3 fully saturated rings. The lowest BCUT2D eigenvalue weighted by atomic mass is 10.0. The van der Waals surface area contributed by atoms with Gasteiger partial charge in [-0.05, 0) is 6.92 Å². The summed E-state index contributed by atoms with van der Waals surface area (Å²) < 4.78 is 16.9. The van der Waals surface area contributed by atoms with Crippen molar-refractivity contribution in [2.24, 2.45) is 0 Å². The maximum absolute atomic E-state index is 5.84. The fourth-order valence-electron chi connectivity index (χ4n) is 2.26. The molecular formula is C12H12O5. The molecule has 1 unspecified atom stereocenters. The molecule has 1 aromatic carbocycles. The van der Waals surface area contributed by atoms with Crippen molar-refractivity contribution in [1.29, 1.82) is 0 Å². The number of fused-ring (bicyclic) bond motifs is 3. The molecule has 5 heteroatoms. The monoisotopic (exact) mass is 236 g/mol. The predicted octanol–water partition coefficient (Wildman–Crippen LogP) is 1.29. The van der Waals surface area contributed by atoms with Gasteiger partial charge in [-0.15, -0.1) is 0 Å². The van der Waals surface area contributed by atoms with Crippen molar-refractivity contribution in [2.45, 2.75) is 24.3 Å². The highest BCUT2D eigenvalue weighted by Crippen LogP contribution is 2.56. The molecular weight excluding hydrogens is 224 g/mol. The summed E-state index contributed by atoms with van der Waals surface area (Å²) in [5.41, 5.74) is 0.265. The maximum Gasteiger partial charge on any atom is 0.343 e. The Morgan fingerprint density at radius 1 is 1.00 bits per heavy atom. The molecule has 2 bridgehead atoms. The zero-order valence-corrected chi connectivity index (χ0v) is 9.34. The van der Waals surface area contributed by atoms with E-state index in [4.69, 9.17) is 24.0 Å². The van der Waals surface area contributed by atoms with E-state index in [1.54, 1.807) is 0 Å². The average Bonchev–Trinajstić information content (AvgIpc) is 3.09. The lowest BCUT2D eigenvalue weighted by Crippen LogP contribution is -2.54. The Balaban J connectivity index is 1.74. The Bertz CT molecular complexity index is 457. The van der Waals surface area contributed by atoms with Gasteiger partial charge in [0.2, 0.25) is 5.79 Å². The molecule has 0 saturated carbocycles. The first-order valence-electron chi connectivity index (χ1n) is 5.59. The second-order valence-corrected chi connectivity index (χ2v) is 4.71. The molecule has 0 N–H and O–H groups in total. The van der Waals surface area contributed by atoms with Crippen LogP contribution in [0, 0.1) is 0 Å². The van der Waals surface area contributed by atoms with Crippen LogP contribution in [-0.4, -0.2) is 24.6 Å². The molecule has 0 amide bonds. The second-order valence-electron chi connectivity index (χ2n) is 4.71. The Morgan fingerprint density at radius 3 is 2.41 bits per heavy atom. The highest BCUT2D eigenvalue weighted by atomic mass is 17.3. The molecule has 3 heterocycles. The predicted molar refractivity (Wildman–Crippen MR) is 54.4 cm³/mol. The molecule has 3 aliphatic rings. The normalized spacial score (nSPS) is 47.4. The van der Waals surface area contributed by atoms with E-state index in [0.717, 1.165) is 5.56 Å². The van der Waals surface area contributed by atoms with E-state index in [-0.39, 0.29) is 0 Å². The zero-order chi connectivity index (χ0) is 11.6. The third-order valence-corrected chi connectivity index (χ3v) is 3.58. The van der Waals surface area contributed by atoms with Crippen molar-refractivity contribution < 1.29 is 24.0 Å². The summed E-state index contributed by atoms with van der Waals surface area (Å²) >= 11 is 0. The number of hydrogen-bond acceptors (Lipinski definition) is 5. The van der Waals surface area contributed by atoms with Crippen molar-refractivity contribution in [3.05, 3.63) is 35.9 Å². The van der Waals surface area contributed by atoms with Gasteiger partial charge in [-0.2, -0.15) is 9.78 Å². The van der Waals surface area contributed by atoms with E-state index in [9.17, 15) is 0 Å². The van der Waals surface area contributed by atoms with Crippen LogP contribution < -0.4 is 0 Å². The Kier molecular flexibility index (Phi) is 1.69. The summed E-state index contributed by atoms with van der Waals surface area (Å²) in [5.74, 6) is -2.16. The zero-order valence-electron chi connectivity index (χ0n) is 9.34. The fourth-order valence-corrected chi connectivity index (χ4v) is 2.26. The molecule has 3 atom stereocenters. The summed E-state index contributed by atoms with van der Waals surface area (Å²) in [5, 5.41) is 0. The van der Waals surface area contributed by atoms with Gasteiger partial charge >= 0.3 is 5.97 Å². The van der Waals surface area contributed by atoms with Gasteiger partial charge in [0.05, 0.1) is 13.2 Å². The molecule has 90 valence electrons. The topological polar surface area (TPSA) is 49.5 Å². The molecule has 1 spiro atoms. The van der Waals surface area contributed by atoms with Crippen molar-refractivity contribution in [3.8, 4) is 0 Å². The minimum Gasteiger partial charge on any atom is -0.361 e. The number of rotatable bonds is 1. The maximum atomic E-state index is 5.84. The average molecular weight is 236 g/mol. The van der Waals surface area contributed by atoms with Crippen molar-refractivity contribution in [1.82, 2.24) is 0 Å². The molecule has 1 aromatic rings. The van der Waals surface area contributed by atoms with Gasteiger partial charge in [0.1, 0.15) is 0 Å². The molecule has 5 nitrogen and oxygen atoms in total. The van der Waals surface area contributed by atoms with Gasteiger partial charge in [-0.3, -0.25) is 4.74 Å². The van der Waals surface area contributed by atoms with Crippen LogP contribution in [0.5, 0.6) is 0 Å². The van der Waals surface area contributed by atoms with Crippen molar-refractivity contribution >= 4 is 0 Å². The van der Waals surface area contributed by atoms with Gasteiger partial charge in [0.15, 0.2) is 5.60 Å². The van der Waals surface area contributed by atoms with Crippen LogP contribution >= 0.6 is 0 Å². The molecule has 3 saturated heterocycles. The van der Waals surface area contributed by atoms with Gasteiger partial charge in [-0.1, -0.05) is 30.3 Å². The molecule has 0 radical (unpaired) electrons. The summed E-state index contributed by atoms with van der Waals surface area (Å²) in [6, 6.07) is 9.47. The minimum atomic E-state index is -1.26. The third-order valence-electron chi connectivity index (χ3n) is 3.58. The highest BCUT2D eigenvalue weighted by molar-refractivity contribution is 5.21. The molecule has 17 heavy (non-hydrogen) atoms. The van der Waals surface area contributed by atoms with Gasteiger partial charge in [-0.25, -0.2) is 0 Å². The fraction of sp³-hybridized carbons (Fsp3) is 0.500. The standard InChI is InChI=1S/C12H12O5/c1-10-11(7-13-11)8-14-12(15-10,17-16-10)9-5-3-2-4-6-9/h2-6H,7-8H2,1H3/t10-,11?,12+/m1/s1.